The van der Waals surface area contributed by atoms with Gasteiger partial charge in [0.05, 0.1) is 18.5 Å². The summed E-state index contributed by atoms with van der Waals surface area (Å²) < 4.78 is 79.3. The number of alkyl halides is 6. The number of hydrogen-bond acceptors (Lipinski definition) is 3. The molecule has 0 spiro atoms. The zero-order chi connectivity index (χ0) is 20.5. The van der Waals surface area contributed by atoms with Crippen molar-refractivity contribution < 1.29 is 36.6 Å². The van der Waals surface area contributed by atoms with Gasteiger partial charge in [0.25, 0.3) is 5.60 Å². The standard InChI is InChI=1S/C17H18F6N2O2/c1-2-3-4-14-24-9-13(10-26)25(14)12-7-5-11(6-8-12)15(27,16(18,19)20)17(21,22)23/h5-9,26-27H,2-4,10H2,1H3. The maximum Gasteiger partial charge on any atom is 0.430 e. The van der Waals surface area contributed by atoms with Crippen molar-refractivity contribution in [3.8, 4) is 5.69 Å². The molecule has 10 heteroatoms. The predicted octanol–water partition coefficient (Wildman–Crippen LogP) is 4.02. The van der Waals surface area contributed by atoms with Gasteiger partial charge >= 0.3 is 12.4 Å². The lowest BCUT2D eigenvalue weighted by Crippen LogP contribution is -2.53. The van der Waals surface area contributed by atoms with Crippen LogP contribution in [0, 0.1) is 0 Å². The number of unbranched alkanes of at least 4 members (excludes halogenated alkanes) is 1. The molecule has 2 rings (SSSR count). The fourth-order valence-electron chi connectivity index (χ4n) is 2.71. The van der Waals surface area contributed by atoms with Crippen molar-refractivity contribution in [3.63, 3.8) is 0 Å². The van der Waals surface area contributed by atoms with Crippen LogP contribution in [0.3, 0.4) is 0 Å². The number of aromatic nitrogens is 2. The van der Waals surface area contributed by atoms with E-state index in [2.05, 4.69) is 4.98 Å². The van der Waals surface area contributed by atoms with E-state index >= 15 is 0 Å². The maximum absolute atomic E-state index is 13.0. The summed E-state index contributed by atoms with van der Waals surface area (Å²) >= 11 is 0. The largest absolute Gasteiger partial charge is 0.430 e. The molecule has 0 aliphatic rings. The summed E-state index contributed by atoms with van der Waals surface area (Å²) in [6.45, 7) is 1.54. The molecule has 0 atom stereocenters. The normalized spacial score (nSPS) is 13.2. The zero-order valence-electron chi connectivity index (χ0n) is 14.3. The Morgan fingerprint density at radius 2 is 1.56 bits per heavy atom. The molecule has 0 saturated carbocycles. The quantitative estimate of drug-likeness (QED) is 0.726. The number of imidazole rings is 1. The molecule has 0 aliphatic heterocycles. The second kappa shape index (κ2) is 7.51. The van der Waals surface area contributed by atoms with E-state index in [0.29, 0.717) is 30.1 Å². The molecule has 2 aromatic rings. The van der Waals surface area contributed by atoms with Crippen molar-refractivity contribution in [1.29, 1.82) is 0 Å². The third kappa shape index (κ3) is 3.81. The number of aryl methyl sites for hydroxylation is 1. The van der Waals surface area contributed by atoms with E-state index in [0.717, 1.165) is 25.0 Å². The van der Waals surface area contributed by atoms with Gasteiger partial charge in [0.2, 0.25) is 0 Å². The highest BCUT2D eigenvalue weighted by molar-refractivity contribution is 5.40. The van der Waals surface area contributed by atoms with Crippen LogP contribution >= 0.6 is 0 Å². The summed E-state index contributed by atoms with van der Waals surface area (Å²) in [7, 11) is 0. The van der Waals surface area contributed by atoms with Gasteiger partial charge in [-0.05, 0) is 18.6 Å². The zero-order valence-corrected chi connectivity index (χ0v) is 14.3. The number of benzene rings is 1. The van der Waals surface area contributed by atoms with Crippen LogP contribution in [-0.4, -0.2) is 32.1 Å². The van der Waals surface area contributed by atoms with Gasteiger partial charge in [-0.2, -0.15) is 26.3 Å². The Kier molecular flexibility index (Phi) is 5.91. The van der Waals surface area contributed by atoms with Crippen molar-refractivity contribution in [2.75, 3.05) is 0 Å². The molecule has 2 N–H and O–H groups in total. The molecule has 0 fully saturated rings. The van der Waals surface area contributed by atoms with Gasteiger partial charge in [0, 0.05) is 17.7 Å². The Morgan fingerprint density at radius 1 is 1.00 bits per heavy atom. The van der Waals surface area contributed by atoms with Crippen molar-refractivity contribution in [2.24, 2.45) is 0 Å². The SMILES string of the molecule is CCCCc1ncc(CO)n1-c1ccc(C(O)(C(F)(F)F)C(F)(F)F)cc1. The van der Waals surface area contributed by atoms with Gasteiger partial charge in [0.15, 0.2) is 0 Å². The average molecular weight is 396 g/mol. The molecular weight excluding hydrogens is 378 g/mol. The Morgan fingerprint density at radius 3 is 2.00 bits per heavy atom. The number of rotatable bonds is 6. The molecule has 0 bridgehead atoms. The van der Waals surface area contributed by atoms with E-state index in [-0.39, 0.29) is 5.69 Å². The lowest BCUT2D eigenvalue weighted by atomic mass is 9.92. The van der Waals surface area contributed by atoms with Crippen LogP contribution in [0.5, 0.6) is 0 Å². The maximum atomic E-state index is 13.0. The molecule has 0 unspecified atom stereocenters. The van der Waals surface area contributed by atoms with Crippen LogP contribution in [0.4, 0.5) is 26.3 Å². The Labute approximate surface area is 151 Å². The van der Waals surface area contributed by atoms with Gasteiger partial charge in [-0.1, -0.05) is 25.5 Å². The third-order valence-electron chi connectivity index (χ3n) is 4.19. The minimum atomic E-state index is -5.94. The molecule has 150 valence electrons. The minimum Gasteiger partial charge on any atom is -0.390 e. The summed E-state index contributed by atoms with van der Waals surface area (Å²) in [6, 6.07) is 3.18. The lowest BCUT2D eigenvalue weighted by Gasteiger charge is -2.32. The van der Waals surface area contributed by atoms with E-state index in [1.807, 2.05) is 6.92 Å². The fourth-order valence-corrected chi connectivity index (χ4v) is 2.71. The van der Waals surface area contributed by atoms with E-state index in [4.69, 9.17) is 0 Å². The molecule has 0 aliphatic carbocycles. The van der Waals surface area contributed by atoms with Gasteiger partial charge in [-0.15, -0.1) is 0 Å². The first-order chi connectivity index (χ1) is 12.5. The number of hydrogen-bond donors (Lipinski definition) is 2. The Hall–Kier alpha value is -2.07. The predicted molar refractivity (Wildman–Crippen MR) is 84.1 cm³/mol. The summed E-state index contributed by atoms with van der Waals surface area (Å²) in [5.74, 6) is 0.524. The smallest absolute Gasteiger partial charge is 0.390 e. The van der Waals surface area contributed by atoms with E-state index in [1.54, 1.807) is 0 Å². The molecule has 4 nitrogen and oxygen atoms in total. The highest BCUT2D eigenvalue weighted by Gasteiger charge is 2.71. The highest BCUT2D eigenvalue weighted by Crippen LogP contribution is 2.50. The van der Waals surface area contributed by atoms with E-state index in [9.17, 15) is 36.6 Å². The second-order valence-corrected chi connectivity index (χ2v) is 6.02. The molecule has 1 heterocycles. The number of nitrogens with zero attached hydrogens (tertiary/aromatic N) is 2. The van der Waals surface area contributed by atoms with Crippen molar-refractivity contribution in [2.45, 2.75) is 50.7 Å². The number of halogens is 6. The van der Waals surface area contributed by atoms with Gasteiger partial charge in [-0.3, -0.25) is 4.57 Å². The van der Waals surface area contributed by atoms with Crippen molar-refractivity contribution >= 4 is 0 Å². The number of aliphatic hydroxyl groups is 2. The summed E-state index contributed by atoms with van der Waals surface area (Å²) in [4.78, 5) is 4.14. The highest BCUT2D eigenvalue weighted by atomic mass is 19.4. The molecule has 0 amide bonds. The summed E-state index contributed by atoms with van der Waals surface area (Å²) in [5, 5.41) is 18.9. The molecule has 27 heavy (non-hydrogen) atoms. The molecule has 0 saturated heterocycles. The van der Waals surface area contributed by atoms with Gasteiger partial charge in [-0.25, -0.2) is 4.98 Å². The molecule has 1 aromatic carbocycles. The first-order valence-corrected chi connectivity index (χ1v) is 8.10. The fraction of sp³-hybridized carbons (Fsp3) is 0.471. The van der Waals surface area contributed by atoms with Crippen molar-refractivity contribution in [3.05, 3.63) is 47.5 Å². The van der Waals surface area contributed by atoms with Crippen LogP contribution in [0.15, 0.2) is 30.5 Å². The first-order valence-electron chi connectivity index (χ1n) is 8.10. The van der Waals surface area contributed by atoms with Crippen LogP contribution < -0.4 is 0 Å². The minimum absolute atomic E-state index is 0.234. The molecule has 0 radical (unpaired) electrons. The van der Waals surface area contributed by atoms with Crippen LogP contribution in [0.1, 0.15) is 36.8 Å². The third-order valence-corrected chi connectivity index (χ3v) is 4.19. The lowest BCUT2D eigenvalue weighted by molar-refractivity contribution is -0.376. The van der Waals surface area contributed by atoms with Gasteiger partial charge < -0.3 is 10.2 Å². The number of aliphatic hydroxyl groups excluding tert-OH is 1. The monoisotopic (exact) mass is 396 g/mol. The first kappa shape index (κ1) is 21.2. The molecular formula is C17H18F6N2O2. The van der Waals surface area contributed by atoms with E-state index in [1.165, 1.54) is 10.8 Å². The molecule has 1 aromatic heterocycles. The van der Waals surface area contributed by atoms with E-state index < -0.39 is 30.1 Å². The topological polar surface area (TPSA) is 58.3 Å². The van der Waals surface area contributed by atoms with Crippen LogP contribution in [0.2, 0.25) is 0 Å². The van der Waals surface area contributed by atoms with Crippen molar-refractivity contribution in [1.82, 2.24) is 9.55 Å². The summed E-state index contributed by atoms with van der Waals surface area (Å²) in [6.07, 6.45) is -8.35. The second-order valence-electron chi connectivity index (χ2n) is 6.02. The van der Waals surface area contributed by atoms with Crippen LogP contribution in [-0.2, 0) is 18.6 Å². The summed E-state index contributed by atoms with van der Waals surface area (Å²) in [5.41, 5.74) is -5.74. The van der Waals surface area contributed by atoms with Gasteiger partial charge in [0.1, 0.15) is 5.82 Å². The Bertz CT molecular complexity index is 751. The Balaban J connectivity index is 2.51. The average Bonchev–Trinajstić information content (AvgIpc) is 3.00. The van der Waals surface area contributed by atoms with Crippen LogP contribution in [0.25, 0.3) is 5.69 Å².